The number of rotatable bonds is 1. The molecule has 0 atom stereocenters. The summed E-state index contributed by atoms with van der Waals surface area (Å²) in [5.74, 6) is 0.795. The molecule has 0 bridgehead atoms. The van der Waals surface area contributed by atoms with E-state index >= 15 is 0 Å². The topological polar surface area (TPSA) is 28.7 Å². The van der Waals surface area contributed by atoms with E-state index in [4.69, 9.17) is 12.2 Å². The Kier molecular flexibility index (Phi) is 4.52. The summed E-state index contributed by atoms with van der Waals surface area (Å²) < 4.78 is 2.52. The van der Waals surface area contributed by atoms with Crippen LogP contribution < -0.4 is 0 Å². The minimum atomic E-state index is -0.0357. The largest absolute Gasteiger partial charge is 0.342 e. The third-order valence-electron chi connectivity index (χ3n) is 3.06. The molecule has 0 aliphatic carbocycles. The predicted octanol–water partition coefficient (Wildman–Crippen LogP) is 5.94. The standard InChI is InChI=1S/C15H16Br2N2S/c1-8-5-6-9(7-10(8)16)13-18-12(15(2,3)4)11(17)14(20)19-13/h5-7H,1-4H3,(H,18,19,20). The third-order valence-corrected chi connectivity index (χ3v) is 5.24. The van der Waals surface area contributed by atoms with Crippen LogP contribution in [0.3, 0.4) is 0 Å². The smallest absolute Gasteiger partial charge is 0.144 e. The number of nitrogens with one attached hydrogen (secondary N) is 1. The second kappa shape index (κ2) is 5.70. The molecule has 1 aromatic heterocycles. The van der Waals surface area contributed by atoms with Crippen LogP contribution in [0.15, 0.2) is 27.1 Å². The number of H-pyrrole nitrogens is 1. The Hall–Kier alpha value is -0.520. The molecule has 0 fully saturated rings. The number of benzene rings is 1. The number of halogens is 2. The Morgan fingerprint density at radius 2 is 1.85 bits per heavy atom. The lowest BCUT2D eigenvalue weighted by atomic mass is 9.92. The Morgan fingerprint density at radius 1 is 1.20 bits per heavy atom. The molecule has 0 amide bonds. The number of aromatic nitrogens is 2. The lowest BCUT2D eigenvalue weighted by molar-refractivity contribution is 0.563. The fourth-order valence-corrected chi connectivity index (χ4v) is 3.21. The summed E-state index contributed by atoms with van der Waals surface area (Å²) in [6, 6.07) is 6.17. The minimum absolute atomic E-state index is 0.0357. The quantitative estimate of drug-likeness (QED) is 0.584. The summed E-state index contributed by atoms with van der Waals surface area (Å²) in [6.07, 6.45) is 0. The molecule has 1 heterocycles. The van der Waals surface area contributed by atoms with Gasteiger partial charge in [0, 0.05) is 21.1 Å². The predicted molar refractivity (Wildman–Crippen MR) is 93.7 cm³/mol. The summed E-state index contributed by atoms with van der Waals surface area (Å²) in [6.45, 7) is 8.50. The molecular weight excluding hydrogens is 400 g/mol. The van der Waals surface area contributed by atoms with Gasteiger partial charge < -0.3 is 4.98 Å². The van der Waals surface area contributed by atoms with Gasteiger partial charge in [0.2, 0.25) is 0 Å². The van der Waals surface area contributed by atoms with Gasteiger partial charge >= 0.3 is 0 Å². The summed E-state index contributed by atoms with van der Waals surface area (Å²) in [7, 11) is 0. The van der Waals surface area contributed by atoms with Gasteiger partial charge in [0.15, 0.2) is 0 Å². The highest BCUT2D eigenvalue weighted by Gasteiger charge is 2.20. The van der Waals surface area contributed by atoms with Crippen LogP contribution in [0.4, 0.5) is 0 Å². The molecule has 0 unspecified atom stereocenters. The van der Waals surface area contributed by atoms with Crippen molar-refractivity contribution in [3.63, 3.8) is 0 Å². The minimum Gasteiger partial charge on any atom is -0.342 e. The number of aromatic amines is 1. The van der Waals surface area contributed by atoms with Crippen LogP contribution in [0.1, 0.15) is 32.0 Å². The van der Waals surface area contributed by atoms with E-state index < -0.39 is 0 Å². The van der Waals surface area contributed by atoms with E-state index in [9.17, 15) is 0 Å². The van der Waals surface area contributed by atoms with E-state index in [0.29, 0.717) is 4.64 Å². The maximum absolute atomic E-state index is 5.37. The van der Waals surface area contributed by atoms with Crippen molar-refractivity contribution in [2.45, 2.75) is 33.1 Å². The van der Waals surface area contributed by atoms with Crippen LogP contribution in [-0.2, 0) is 5.41 Å². The second-order valence-electron chi connectivity index (χ2n) is 5.79. The van der Waals surface area contributed by atoms with Crippen molar-refractivity contribution in [2.24, 2.45) is 0 Å². The first-order chi connectivity index (χ1) is 9.20. The molecule has 20 heavy (non-hydrogen) atoms. The van der Waals surface area contributed by atoms with Gasteiger partial charge in [-0.3, -0.25) is 0 Å². The van der Waals surface area contributed by atoms with E-state index in [-0.39, 0.29) is 5.41 Å². The van der Waals surface area contributed by atoms with Gasteiger partial charge in [-0.25, -0.2) is 4.98 Å². The summed E-state index contributed by atoms with van der Waals surface area (Å²) in [5.41, 5.74) is 3.24. The van der Waals surface area contributed by atoms with E-state index in [1.165, 1.54) is 5.56 Å². The summed E-state index contributed by atoms with van der Waals surface area (Å²) in [5, 5.41) is 0. The Labute approximate surface area is 141 Å². The van der Waals surface area contributed by atoms with Crippen LogP contribution in [0.25, 0.3) is 11.4 Å². The van der Waals surface area contributed by atoms with Crippen LogP contribution in [0.2, 0.25) is 0 Å². The molecule has 0 saturated heterocycles. The molecule has 2 aromatic rings. The lowest BCUT2D eigenvalue weighted by Gasteiger charge is -2.21. The first-order valence-corrected chi connectivity index (χ1v) is 8.26. The molecule has 1 N–H and O–H groups in total. The molecule has 2 rings (SSSR count). The van der Waals surface area contributed by atoms with Gasteiger partial charge in [-0.15, -0.1) is 0 Å². The van der Waals surface area contributed by atoms with E-state index in [1.807, 2.05) is 6.07 Å². The normalized spacial score (nSPS) is 11.7. The van der Waals surface area contributed by atoms with Crippen LogP contribution in [0.5, 0.6) is 0 Å². The van der Waals surface area contributed by atoms with Gasteiger partial charge in [0.1, 0.15) is 10.5 Å². The monoisotopic (exact) mass is 414 g/mol. The zero-order chi connectivity index (χ0) is 15.1. The highest BCUT2D eigenvalue weighted by atomic mass is 79.9. The fourth-order valence-electron chi connectivity index (χ4n) is 1.85. The molecule has 0 radical (unpaired) electrons. The zero-order valence-corrected chi connectivity index (χ0v) is 15.8. The number of hydrogen-bond donors (Lipinski definition) is 1. The summed E-state index contributed by atoms with van der Waals surface area (Å²) >= 11 is 12.5. The molecule has 0 saturated carbocycles. The SMILES string of the molecule is Cc1ccc(-c2nc(=S)c(Br)c(C(C)(C)C)[nH]2)cc1Br. The average molecular weight is 416 g/mol. The van der Waals surface area contributed by atoms with E-state index in [2.05, 4.69) is 81.7 Å². The van der Waals surface area contributed by atoms with Crippen molar-refractivity contribution < 1.29 is 0 Å². The van der Waals surface area contributed by atoms with E-state index in [0.717, 1.165) is 26.0 Å². The van der Waals surface area contributed by atoms with Gasteiger partial charge in [0.25, 0.3) is 0 Å². The molecule has 0 aliphatic rings. The second-order valence-corrected chi connectivity index (χ2v) is 7.83. The number of nitrogens with zero attached hydrogens (tertiary/aromatic N) is 1. The van der Waals surface area contributed by atoms with E-state index in [1.54, 1.807) is 0 Å². The van der Waals surface area contributed by atoms with Crippen LogP contribution in [0, 0.1) is 11.6 Å². The number of hydrogen-bond acceptors (Lipinski definition) is 2. The Bertz CT molecular complexity index is 715. The van der Waals surface area contributed by atoms with Crippen molar-refractivity contribution in [2.75, 3.05) is 0 Å². The van der Waals surface area contributed by atoms with Gasteiger partial charge in [0.05, 0.1) is 4.47 Å². The highest BCUT2D eigenvalue weighted by Crippen LogP contribution is 2.31. The fraction of sp³-hybridized carbons (Fsp3) is 0.333. The molecule has 5 heteroatoms. The Morgan fingerprint density at radius 3 is 2.40 bits per heavy atom. The van der Waals surface area contributed by atoms with Gasteiger partial charge in [-0.1, -0.05) is 61.1 Å². The first kappa shape index (κ1) is 15.9. The molecule has 2 nitrogen and oxygen atoms in total. The molecule has 0 aliphatic heterocycles. The van der Waals surface area contributed by atoms with Crippen LogP contribution in [-0.4, -0.2) is 9.97 Å². The lowest BCUT2D eigenvalue weighted by Crippen LogP contribution is -2.16. The maximum atomic E-state index is 5.37. The van der Waals surface area contributed by atoms with Crippen molar-refractivity contribution in [3.05, 3.63) is 43.0 Å². The van der Waals surface area contributed by atoms with Gasteiger partial charge in [-0.2, -0.15) is 0 Å². The maximum Gasteiger partial charge on any atom is 0.144 e. The first-order valence-electron chi connectivity index (χ1n) is 6.27. The van der Waals surface area contributed by atoms with Crippen molar-refractivity contribution in [3.8, 4) is 11.4 Å². The van der Waals surface area contributed by atoms with Gasteiger partial charge in [-0.05, 0) is 34.5 Å². The highest BCUT2D eigenvalue weighted by molar-refractivity contribution is 9.10. The molecule has 106 valence electrons. The zero-order valence-electron chi connectivity index (χ0n) is 11.8. The Balaban J connectivity index is 2.67. The summed E-state index contributed by atoms with van der Waals surface area (Å²) in [4.78, 5) is 7.89. The van der Waals surface area contributed by atoms with Crippen LogP contribution >= 0.6 is 44.1 Å². The van der Waals surface area contributed by atoms with Crippen molar-refractivity contribution >= 4 is 44.1 Å². The van der Waals surface area contributed by atoms with Crippen molar-refractivity contribution in [1.82, 2.24) is 9.97 Å². The third kappa shape index (κ3) is 3.21. The average Bonchev–Trinajstić information content (AvgIpc) is 2.34. The molecule has 0 spiro atoms. The molecule has 1 aromatic carbocycles. The molecular formula is C15H16Br2N2S. The van der Waals surface area contributed by atoms with Crippen molar-refractivity contribution in [1.29, 1.82) is 0 Å². The number of aryl methyl sites for hydroxylation is 1.